The fraction of sp³-hybridized carbons (Fsp3) is 0.818. The summed E-state index contributed by atoms with van der Waals surface area (Å²) in [5, 5.41) is 11.8. The molecule has 90 valence electrons. The predicted molar refractivity (Wildman–Crippen MR) is 58.0 cm³/mol. The van der Waals surface area contributed by atoms with E-state index in [1.807, 2.05) is 0 Å². The van der Waals surface area contributed by atoms with E-state index < -0.39 is 5.97 Å². The van der Waals surface area contributed by atoms with E-state index in [0.717, 1.165) is 32.2 Å². The molecular weight excluding hydrogens is 208 g/mol. The summed E-state index contributed by atoms with van der Waals surface area (Å²) >= 11 is 0. The van der Waals surface area contributed by atoms with Crippen molar-refractivity contribution in [3.05, 3.63) is 0 Å². The molecule has 1 saturated heterocycles. The molecule has 0 aromatic carbocycles. The molecule has 1 aliphatic heterocycles. The van der Waals surface area contributed by atoms with Crippen LogP contribution in [0.5, 0.6) is 0 Å². The van der Waals surface area contributed by atoms with E-state index in [-0.39, 0.29) is 18.4 Å². The minimum atomic E-state index is -0.835. The first kappa shape index (κ1) is 11.4. The van der Waals surface area contributed by atoms with E-state index in [1.54, 1.807) is 4.90 Å². The summed E-state index contributed by atoms with van der Waals surface area (Å²) in [5.74, 6) is -0.737. The van der Waals surface area contributed by atoms with Crippen molar-refractivity contribution in [1.29, 1.82) is 0 Å². The maximum Gasteiger partial charge on any atom is 0.305 e. The molecule has 1 heterocycles. The molecular formula is C11H18N2O3. The van der Waals surface area contributed by atoms with Gasteiger partial charge in [-0.3, -0.25) is 9.59 Å². The van der Waals surface area contributed by atoms with Gasteiger partial charge >= 0.3 is 5.97 Å². The zero-order valence-electron chi connectivity index (χ0n) is 9.32. The molecule has 1 amide bonds. The Bertz CT molecular complexity index is 283. The van der Waals surface area contributed by atoms with Crippen LogP contribution in [-0.2, 0) is 9.59 Å². The molecule has 0 bridgehead atoms. The van der Waals surface area contributed by atoms with Crippen molar-refractivity contribution in [3.8, 4) is 0 Å². The maximum atomic E-state index is 12.1. The molecule has 1 saturated carbocycles. The van der Waals surface area contributed by atoms with Crippen LogP contribution in [0.15, 0.2) is 0 Å². The lowest BCUT2D eigenvalue weighted by molar-refractivity contribution is -0.139. The van der Waals surface area contributed by atoms with E-state index >= 15 is 0 Å². The van der Waals surface area contributed by atoms with Gasteiger partial charge in [0.2, 0.25) is 5.91 Å². The van der Waals surface area contributed by atoms with Crippen molar-refractivity contribution in [2.45, 2.75) is 44.2 Å². The van der Waals surface area contributed by atoms with Crippen molar-refractivity contribution in [2.75, 3.05) is 13.1 Å². The summed E-state index contributed by atoms with van der Waals surface area (Å²) in [4.78, 5) is 24.4. The summed E-state index contributed by atoms with van der Waals surface area (Å²) in [7, 11) is 0. The highest BCUT2D eigenvalue weighted by Gasteiger charge is 2.36. The lowest BCUT2D eigenvalue weighted by atomic mass is 10.2. The summed E-state index contributed by atoms with van der Waals surface area (Å²) in [5.41, 5.74) is 0. The van der Waals surface area contributed by atoms with Crippen molar-refractivity contribution in [2.24, 2.45) is 0 Å². The normalized spacial score (nSPS) is 24.4. The highest BCUT2D eigenvalue weighted by molar-refractivity contribution is 5.83. The largest absolute Gasteiger partial charge is 0.481 e. The van der Waals surface area contributed by atoms with Gasteiger partial charge in [0, 0.05) is 12.6 Å². The number of rotatable bonds is 5. The first-order valence-corrected chi connectivity index (χ1v) is 5.94. The van der Waals surface area contributed by atoms with Crippen LogP contribution < -0.4 is 5.32 Å². The van der Waals surface area contributed by atoms with E-state index in [4.69, 9.17) is 5.11 Å². The molecule has 2 N–H and O–H groups in total. The third-order valence-electron chi connectivity index (χ3n) is 3.20. The van der Waals surface area contributed by atoms with Gasteiger partial charge in [0.25, 0.3) is 0 Å². The molecule has 5 nitrogen and oxygen atoms in total. The second kappa shape index (κ2) is 4.82. The quantitative estimate of drug-likeness (QED) is 0.703. The van der Waals surface area contributed by atoms with Crippen molar-refractivity contribution in [1.82, 2.24) is 10.2 Å². The zero-order chi connectivity index (χ0) is 11.5. The van der Waals surface area contributed by atoms with E-state index in [2.05, 4.69) is 5.32 Å². The van der Waals surface area contributed by atoms with Crippen molar-refractivity contribution < 1.29 is 14.7 Å². The first-order chi connectivity index (χ1) is 7.68. The standard InChI is InChI=1S/C11H18N2O3/c14-10(15)5-7-13(8-3-4-8)11(16)9-2-1-6-12-9/h8-9,12H,1-7H2,(H,14,15)/t9-/m1/s1. The van der Waals surface area contributed by atoms with Crippen LogP contribution in [0, 0.1) is 0 Å². The molecule has 0 spiro atoms. The number of amides is 1. The predicted octanol–water partition coefficient (Wildman–Crippen LogP) is 0.204. The molecule has 0 aromatic heterocycles. The smallest absolute Gasteiger partial charge is 0.305 e. The topological polar surface area (TPSA) is 69.6 Å². The molecule has 16 heavy (non-hydrogen) atoms. The van der Waals surface area contributed by atoms with Gasteiger partial charge < -0.3 is 15.3 Å². The second-order valence-corrected chi connectivity index (χ2v) is 4.56. The highest BCUT2D eigenvalue weighted by atomic mass is 16.4. The van der Waals surface area contributed by atoms with Gasteiger partial charge in [0.05, 0.1) is 12.5 Å². The zero-order valence-corrected chi connectivity index (χ0v) is 9.32. The van der Waals surface area contributed by atoms with Gasteiger partial charge in [-0.05, 0) is 32.2 Å². The molecule has 0 aromatic rings. The fourth-order valence-electron chi connectivity index (χ4n) is 2.17. The van der Waals surface area contributed by atoms with Gasteiger partial charge in [0.1, 0.15) is 0 Å². The number of carboxylic acids is 1. The van der Waals surface area contributed by atoms with Crippen LogP contribution >= 0.6 is 0 Å². The number of nitrogens with zero attached hydrogens (tertiary/aromatic N) is 1. The lowest BCUT2D eigenvalue weighted by Crippen LogP contribution is -2.45. The van der Waals surface area contributed by atoms with Crippen molar-refractivity contribution >= 4 is 11.9 Å². The van der Waals surface area contributed by atoms with Crippen LogP contribution in [0.1, 0.15) is 32.1 Å². The van der Waals surface area contributed by atoms with Gasteiger partial charge in [-0.15, -0.1) is 0 Å². The number of hydrogen-bond acceptors (Lipinski definition) is 3. The number of aliphatic carboxylic acids is 1. The molecule has 1 atom stereocenters. The molecule has 1 aliphatic carbocycles. The Labute approximate surface area is 94.8 Å². The average Bonchev–Trinajstić information content (AvgIpc) is 2.93. The summed E-state index contributed by atoms with van der Waals surface area (Å²) in [6.45, 7) is 1.25. The number of carboxylic acid groups (broad SMARTS) is 1. The van der Waals surface area contributed by atoms with Crippen LogP contribution in [0.4, 0.5) is 0 Å². The molecule has 2 fully saturated rings. The molecule has 0 unspecified atom stereocenters. The molecule has 5 heteroatoms. The fourth-order valence-corrected chi connectivity index (χ4v) is 2.17. The Kier molecular flexibility index (Phi) is 3.43. The molecule has 0 radical (unpaired) electrons. The van der Waals surface area contributed by atoms with E-state index in [9.17, 15) is 9.59 Å². The van der Waals surface area contributed by atoms with Gasteiger partial charge in [-0.2, -0.15) is 0 Å². The molecule has 2 aliphatic rings. The van der Waals surface area contributed by atoms with E-state index in [1.165, 1.54) is 0 Å². The Hall–Kier alpha value is -1.10. The number of nitrogens with one attached hydrogen (secondary N) is 1. The Morgan fingerprint density at radius 1 is 1.31 bits per heavy atom. The number of carbonyl (C=O) groups excluding carboxylic acids is 1. The molecule has 2 rings (SSSR count). The first-order valence-electron chi connectivity index (χ1n) is 5.94. The van der Waals surface area contributed by atoms with Crippen LogP contribution in [0.3, 0.4) is 0 Å². The summed E-state index contributed by atoms with van der Waals surface area (Å²) in [6, 6.07) is 0.226. The maximum absolute atomic E-state index is 12.1. The Morgan fingerprint density at radius 3 is 2.56 bits per heavy atom. The number of carbonyl (C=O) groups is 2. The second-order valence-electron chi connectivity index (χ2n) is 4.56. The Morgan fingerprint density at radius 2 is 2.06 bits per heavy atom. The minimum Gasteiger partial charge on any atom is -0.481 e. The number of hydrogen-bond donors (Lipinski definition) is 2. The van der Waals surface area contributed by atoms with Gasteiger partial charge in [-0.1, -0.05) is 0 Å². The summed E-state index contributed by atoms with van der Waals surface area (Å²) in [6.07, 6.45) is 4.02. The van der Waals surface area contributed by atoms with Crippen LogP contribution in [0.2, 0.25) is 0 Å². The highest BCUT2D eigenvalue weighted by Crippen LogP contribution is 2.28. The van der Waals surface area contributed by atoms with E-state index in [0.29, 0.717) is 12.6 Å². The van der Waals surface area contributed by atoms with Crippen molar-refractivity contribution in [3.63, 3.8) is 0 Å². The minimum absolute atomic E-state index is 0.0506. The SMILES string of the molecule is O=C(O)CCN(C(=O)[C@H]1CCCN1)C1CC1. The Balaban J connectivity index is 1.89. The van der Waals surface area contributed by atoms with Crippen LogP contribution in [-0.4, -0.2) is 47.1 Å². The lowest BCUT2D eigenvalue weighted by Gasteiger charge is -2.25. The summed E-state index contributed by atoms with van der Waals surface area (Å²) < 4.78 is 0. The van der Waals surface area contributed by atoms with Gasteiger partial charge in [-0.25, -0.2) is 0 Å². The average molecular weight is 226 g/mol. The van der Waals surface area contributed by atoms with Gasteiger partial charge in [0.15, 0.2) is 0 Å². The van der Waals surface area contributed by atoms with Crippen LogP contribution in [0.25, 0.3) is 0 Å². The third kappa shape index (κ3) is 2.72. The monoisotopic (exact) mass is 226 g/mol. The third-order valence-corrected chi connectivity index (χ3v) is 3.20.